The second kappa shape index (κ2) is 10.7. The summed E-state index contributed by atoms with van der Waals surface area (Å²) >= 11 is 2.26. The van der Waals surface area contributed by atoms with Crippen LogP contribution in [0.15, 0.2) is 71.4 Å². The van der Waals surface area contributed by atoms with E-state index >= 15 is 0 Å². The Hall–Kier alpha value is -3.33. The smallest absolute Gasteiger partial charge is 0.363 e. The Bertz CT molecular complexity index is 1290. The minimum atomic E-state index is -0.512. The van der Waals surface area contributed by atoms with Gasteiger partial charge in [0.15, 0.2) is 17.2 Å². The third-order valence-corrected chi connectivity index (χ3v) is 6.42. The van der Waals surface area contributed by atoms with Crippen LogP contribution in [0.2, 0.25) is 0 Å². The number of methoxy groups -OCH3 is 2. The predicted molar refractivity (Wildman–Crippen MR) is 149 cm³/mol. The fourth-order valence-corrected chi connectivity index (χ4v) is 4.02. The van der Waals surface area contributed by atoms with Crippen LogP contribution in [-0.2, 0) is 21.6 Å². The van der Waals surface area contributed by atoms with E-state index in [1.54, 1.807) is 32.4 Å². The maximum atomic E-state index is 12.6. The lowest BCUT2D eigenvalue weighted by molar-refractivity contribution is -0.129. The van der Waals surface area contributed by atoms with Crippen LogP contribution >= 0.6 is 22.6 Å². The Kier molecular flexibility index (Phi) is 7.68. The summed E-state index contributed by atoms with van der Waals surface area (Å²) in [5, 5.41) is 0. The molecule has 3 aromatic rings. The number of ether oxygens (including phenoxy) is 4. The molecule has 0 atom stereocenters. The van der Waals surface area contributed by atoms with Crippen molar-refractivity contribution < 1.29 is 23.7 Å². The number of carbonyl (C=O) groups is 1. The number of hydrogen-bond donors (Lipinski definition) is 0. The van der Waals surface area contributed by atoms with Crippen molar-refractivity contribution in [2.24, 2.45) is 4.99 Å². The summed E-state index contributed by atoms with van der Waals surface area (Å²) in [6.45, 7) is 6.81. The molecule has 36 heavy (non-hydrogen) atoms. The summed E-state index contributed by atoms with van der Waals surface area (Å²) in [6, 6.07) is 19.5. The molecule has 6 nitrogen and oxygen atoms in total. The van der Waals surface area contributed by atoms with Gasteiger partial charge in [0.25, 0.3) is 0 Å². The standard InChI is InChI=1S/C29H28INO5/c1-29(2,3)21-10-8-20(9-11-21)27-31-23(28(32)36-27)14-19-15-24(33-4)26(25(16-19)34-5)35-17-18-6-12-22(30)13-7-18/h6-16H,17H2,1-5H3/b23-14-. The van der Waals surface area contributed by atoms with Crippen molar-refractivity contribution in [2.45, 2.75) is 32.8 Å². The molecule has 0 unspecified atom stereocenters. The summed E-state index contributed by atoms with van der Waals surface area (Å²) < 4.78 is 23.8. The van der Waals surface area contributed by atoms with E-state index < -0.39 is 5.97 Å². The van der Waals surface area contributed by atoms with Gasteiger partial charge in [-0.1, -0.05) is 45.0 Å². The van der Waals surface area contributed by atoms with Crippen LogP contribution in [0.5, 0.6) is 17.2 Å². The molecule has 4 rings (SSSR count). The van der Waals surface area contributed by atoms with Gasteiger partial charge in [0, 0.05) is 9.13 Å². The second-order valence-corrected chi connectivity index (χ2v) is 10.6. The molecule has 1 aliphatic heterocycles. The number of aliphatic imine (C=N–C) groups is 1. The van der Waals surface area contributed by atoms with Gasteiger partial charge in [0.05, 0.1) is 14.2 Å². The number of carbonyl (C=O) groups excluding carboxylic acids is 1. The van der Waals surface area contributed by atoms with E-state index in [2.05, 4.69) is 48.4 Å². The van der Waals surface area contributed by atoms with Gasteiger partial charge >= 0.3 is 5.97 Å². The number of nitrogens with zero attached hydrogens (tertiary/aromatic N) is 1. The van der Waals surface area contributed by atoms with Crippen LogP contribution in [0.25, 0.3) is 6.08 Å². The highest BCUT2D eigenvalue weighted by molar-refractivity contribution is 14.1. The third-order valence-electron chi connectivity index (χ3n) is 5.70. The molecule has 0 saturated carbocycles. The third kappa shape index (κ3) is 5.90. The lowest BCUT2D eigenvalue weighted by Gasteiger charge is -2.18. The van der Waals surface area contributed by atoms with Crippen LogP contribution in [0.4, 0.5) is 0 Å². The SMILES string of the molecule is COc1cc(/C=C2\N=C(c3ccc(C(C)(C)C)cc3)OC2=O)cc(OC)c1OCc1ccc(I)cc1. The van der Waals surface area contributed by atoms with Crippen LogP contribution < -0.4 is 14.2 Å². The average molecular weight is 597 g/mol. The monoisotopic (exact) mass is 597 g/mol. The molecule has 0 aromatic heterocycles. The predicted octanol–water partition coefficient (Wildman–Crippen LogP) is 6.53. The molecule has 3 aromatic carbocycles. The lowest BCUT2D eigenvalue weighted by atomic mass is 9.87. The lowest BCUT2D eigenvalue weighted by Crippen LogP contribution is -2.11. The van der Waals surface area contributed by atoms with Crippen molar-refractivity contribution in [3.05, 3.63) is 92.2 Å². The largest absolute Gasteiger partial charge is 0.493 e. The molecule has 0 fully saturated rings. The Balaban J connectivity index is 1.59. The van der Waals surface area contributed by atoms with E-state index in [1.807, 2.05) is 48.5 Å². The Morgan fingerprint density at radius 3 is 2.11 bits per heavy atom. The molecule has 1 heterocycles. The molecule has 186 valence electrons. The van der Waals surface area contributed by atoms with E-state index in [0.29, 0.717) is 29.4 Å². The number of cyclic esters (lactones) is 1. The average Bonchev–Trinajstić information content (AvgIpc) is 3.23. The molecule has 0 aliphatic carbocycles. The molecular formula is C29H28INO5. The van der Waals surface area contributed by atoms with Crippen LogP contribution in [0.3, 0.4) is 0 Å². The quantitative estimate of drug-likeness (QED) is 0.176. The van der Waals surface area contributed by atoms with Crippen LogP contribution in [0, 0.1) is 3.57 Å². The van der Waals surface area contributed by atoms with Crippen molar-refractivity contribution in [1.29, 1.82) is 0 Å². The fraction of sp³-hybridized carbons (Fsp3) is 0.241. The van der Waals surface area contributed by atoms with Gasteiger partial charge in [-0.25, -0.2) is 9.79 Å². The van der Waals surface area contributed by atoms with Crippen molar-refractivity contribution in [1.82, 2.24) is 0 Å². The Morgan fingerprint density at radius 1 is 0.944 bits per heavy atom. The highest BCUT2D eigenvalue weighted by atomic mass is 127. The molecule has 0 N–H and O–H groups in total. The van der Waals surface area contributed by atoms with Gasteiger partial charge in [-0.05, 0) is 87.2 Å². The van der Waals surface area contributed by atoms with E-state index in [-0.39, 0.29) is 17.0 Å². The van der Waals surface area contributed by atoms with E-state index in [4.69, 9.17) is 18.9 Å². The van der Waals surface area contributed by atoms with Gasteiger partial charge in [-0.3, -0.25) is 0 Å². The van der Waals surface area contributed by atoms with Gasteiger partial charge in [-0.2, -0.15) is 0 Å². The minimum Gasteiger partial charge on any atom is -0.493 e. The van der Waals surface area contributed by atoms with Crippen molar-refractivity contribution >= 4 is 40.5 Å². The maximum Gasteiger partial charge on any atom is 0.363 e. The molecule has 7 heteroatoms. The van der Waals surface area contributed by atoms with E-state index in [0.717, 1.165) is 14.7 Å². The topological polar surface area (TPSA) is 66.4 Å². The number of benzene rings is 3. The van der Waals surface area contributed by atoms with Gasteiger partial charge in [0.1, 0.15) is 6.61 Å². The Morgan fingerprint density at radius 2 is 1.56 bits per heavy atom. The van der Waals surface area contributed by atoms with Crippen molar-refractivity contribution in [2.75, 3.05) is 14.2 Å². The van der Waals surface area contributed by atoms with Gasteiger partial charge in [-0.15, -0.1) is 0 Å². The van der Waals surface area contributed by atoms with Crippen LogP contribution in [0.1, 0.15) is 43.0 Å². The first-order chi connectivity index (χ1) is 17.2. The molecule has 0 spiro atoms. The van der Waals surface area contributed by atoms with E-state index in [1.165, 1.54) is 5.56 Å². The first kappa shape index (κ1) is 25.8. The minimum absolute atomic E-state index is 0.0333. The molecular weight excluding hydrogens is 569 g/mol. The summed E-state index contributed by atoms with van der Waals surface area (Å²) in [5.74, 6) is 1.22. The molecule has 0 bridgehead atoms. The zero-order valence-corrected chi connectivity index (χ0v) is 23.1. The Labute approximate surface area is 225 Å². The first-order valence-corrected chi connectivity index (χ1v) is 12.5. The van der Waals surface area contributed by atoms with Crippen molar-refractivity contribution in [3.8, 4) is 17.2 Å². The van der Waals surface area contributed by atoms with Gasteiger partial charge < -0.3 is 18.9 Å². The molecule has 0 amide bonds. The molecule has 0 radical (unpaired) electrons. The first-order valence-electron chi connectivity index (χ1n) is 11.4. The fourth-order valence-electron chi connectivity index (χ4n) is 3.67. The summed E-state index contributed by atoms with van der Waals surface area (Å²) in [6.07, 6.45) is 1.65. The number of rotatable bonds is 7. The zero-order chi connectivity index (χ0) is 25.9. The highest BCUT2D eigenvalue weighted by Crippen LogP contribution is 2.40. The number of halogens is 1. The maximum absolute atomic E-state index is 12.6. The molecule has 1 aliphatic rings. The summed E-state index contributed by atoms with van der Waals surface area (Å²) in [4.78, 5) is 17.0. The second-order valence-electron chi connectivity index (χ2n) is 9.33. The van der Waals surface area contributed by atoms with Gasteiger partial charge in [0.2, 0.25) is 11.6 Å². The number of esters is 1. The van der Waals surface area contributed by atoms with Crippen LogP contribution in [-0.4, -0.2) is 26.1 Å². The highest BCUT2D eigenvalue weighted by Gasteiger charge is 2.25. The normalized spacial score (nSPS) is 14.4. The number of hydrogen-bond acceptors (Lipinski definition) is 6. The van der Waals surface area contributed by atoms with Crippen molar-refractivity contribution in [3.63, 3.8) is 0 Å². The summed E-state index contributed by atoms with van der Waals surface area (Å²) in [5.41, 5.74) is 3.86. The zero-order valence-electron chi connectivity index (χ0n) is 20.9. The summed E-state index contributed by atoms with van der Waals surface area (Å²) in [7, 11) is 3.12. The molecule has 0 saturated heterocycles. The van der Waals surface area contributed by atoms with E-state index in [9.17, 15) is 4.79 Å².